The van der Waals surface area contributed by atoms with Crippen LogP contribution in [-0.2, 0) is 19.5 Å². The van der Waals surface area contributed by atoms with Gasteiger partial charge in [0.1, 0.15) is 0 Å². The van der Waals surface area contributed by atoms with E-state index in [1.165, 1.54) is 24.1 Å². The summed E-state index contributed by atoms with van der Waals surface area (Å²) < 4.78 is 2.37. The molecule has 1 aromatic carbocycles. The highest BCUT2D eigenvalue weighted by molar-refractivity contribution is 5.14. The van der Waals surface area contributed by atoms with E-state index in [-0.39, 0.29) is 0 Å². The Morgan fingerprint density at radius 2 is 1.89 bits per heavy atom. The first-order valence-electron chi connectivity index (χ1n) is 7.29. The summed E-state index contributed by atoms with van der Waals surface area (Å²) in [5.74, 6) is 0. The van der Waals surface area contributed by atoms with Gasteiger partial charge in [0.05, 0.1) is 0 Å². The molecule has 0 aliphatic heterocycles. The third-order valence-electron chi connectivity index (χ3n) is 3.36. The lowest BCUT2D eigenvalue weighted by Crippen LogP contribution is -2.16. The minimum Gasteiger partial charge on any atom is -0.350 e. The number of aryl methyl sites for hydroxylation is 2. The summed E-state index contributed by atoms with van der Waals surface area (Å²) in [6, 6.07) is 15.1. The molecule has 1 aromatic heterocycles. The number of benzene rings is 1. The van der Waals surface area contributed by atoms with Crippen molar-refractivity contribution in [2.75, 3.05) is 6.54 Å². The molecular weight excluding hydrogens is 232 g/mol. The summed E-state index contributed by atoms with van der Waals surface area (Å²) in [4.78, 5) is 0. The fraction of sp³-hybridized carbons (Fsp3) is 0.412. The zero-order chi connectivity index (χ0) is 13.3. The van der Waals surface area contributed by atoms with Crippen LogP contribution in [0.3, 0.4) is 0 Å². The number of rotatable bonds is 8. The van der Waals surface area contributed by atoms with Gasteiger partial charge in [-0.3, -0.25) is 0 Å². The van der Waals surface area contributed by atoms with Crippen LogP contribution in [0.15, 0.2) is 48.7 Å². The quantitative estimate of drug-likeness (QED) is 0.714. The normalized spacial score (nSPS) is 10.8. The van der Waals surface area contributed by atoms with E-state index in [1.54, 1.807) is 0 Å². The van der Waals surface area contributed by atoms with Gasteiger partial charge in [-0.05, 0) is 43.5 Å². The van der Waals surface area contributed by atoms with Crippen LogP contribution in [0.25, 0.3) is 0 Å². The Balaban J connectivity index is 1.78. The molecule has 1 N–H and O–H groups in total. The number of nitrogens with one attached hydrogen (secondary N) is 1. The Hall–Kier alpha value is -1.54. The van der Waals surface area contributed by atoms with Crippen molar-refractivity contribution in [2.45, 2.75) is 39.3 Å². The fourth-order valence-corrected chi connectivity index (χ4v) is 2.32. The van der Waals surface area contributed by atoms with E-state index in [0.29, 0.717) is 0 Å². The smallest absolute Gasteiger partial charge is 0.0359 e. The highest BCUT2D eigenvalue weighted by atomic mass is 15.0. The number of nitrogens with zero attached hydrogens (tertiary/aromatic N) is 1. The van der Waals surface area contributed by atoms with E-state index in [0.717, 1.165) is 26.1 Å². The summed E-state index contributed by atoms with van der Waals surface area (Å²) >= 11 is 0. The zero-order valence-electron chi connectivity index (χ0n) is 11.8. The molecule has 0 spiro atoms. The lowest BCUT2D eigenvalue weighted by atomic mass is 10.1. The number of aromatic nitrogens is 1. The third kappa shape index (κ3) is 4.56. The molecule has 0 unspecified atom stereocenters. The van der Waals surface area contributed by atoms with Crippen molar-refractivity contribution in [3.8, 4) is 0 Å². The molecule has 2 nitrogen and oxygen atoms in total. The van der Waals surface area contributed by atoms with E-state index in [1.807, 2.05) is 0 Å². The molecule has 0 saturated heterocycles. The van der Waals surface area contributed by atoms with E-state index in [2.05, 4.69) is 65.5 Å². The van der Waals surface area contributed by atoms with Crippen molar-refractivity contribution < 1.29 is 0 Å². The van der Waals surface area contributed by atoms with Crippen LogP contribution in [0.5, 0.6) is 0 Å². The second-order valence-electron chi connectivity index (χ2n) is 4.96. The summed E-state index contributed by atoms with van der Waals surface area (Å²) in [6.45, 7) is 5.37. The van der Waals surface area contributed by atoms with Crippen LogP contribution in [-0.4, -0.2) is 11.1 Å². The number of hydrogen-bond acceptors (Lipinski definition) is 1. The Labute approximate surface area is 116 Å². The van der Waals surface area contributed by atoms with Crippen LogP contribution in [0.2, 0.25) is 0 Å². The fourth-order valence-electron chi connectivity index (χ4n) is 2.32. The van der Waals surface area contributed by atoms with E-state index < -0.39 is 0 Å². The topological polar surface area (TPSA) is 17.0 Å². The van der Waals surface area contributed by atoms with Crippen molar-refractivity contribution in [2.24, 2.45) is 0 Å². The maximum atomic E-state index is 3.47. The van der Waals surface area contributed by atoms with Crippen molar-refractivity contribution in [3.63, 3.8) is 0 Å². The minimum atomic E-state index is 0.978. The van der Waals surface area contributed by atoms with Gasteiger partial charge in [-0.25, -0.2) is 0 Å². The lowest BCUT2D eigenvalue weighted by molar-refractivity contribution is 0.584. The molecule has 0 aliphatic rings. The summed E-state index contributed by atoms with van der Waals surface area (Å²) in [6.07, 6.45) is 5.73. The van der Waals surface area contributed by atoms with Gasteiger partial charge in [-0.15, -0.1) is 0 Å². The molecule has 2 heteroatoms. The first kappa shape index (κ1) is 13.9. The summed E-state index contributed by atoms with van der Waals surface area (Å²) in [5, 5.41) is 3.47. The zero-order valence-corrected chi connectivity index (χ0v) is 11.8. The van der Waals surface area contributed by atoms with Crippen molar-refractivity contribution in [1.29, 1.82) is 0 Å². The molecule has 102 valence electrons. The second-order valence-corrected chi connectivity index (χ2v) is 4.96. The second kappa shape index (κ2) is 7.80. The average Bonchev–Trinajstić information content (AvgIpc) is 2.88. The molecule has 2 rings (SSSR count). The Bertz CT molecular complexity index is 459. The molecule has 2 aromatic rings. The highest BCUT2D eigenvalue weighted by Gasteiger charge is 2.00. The van der Waals surface area contributed by atoms with Gasteiger partial charge in [0, 0.05) is 25.0 Å². The van der Waals surface area contributed by atoms with Crippen molar-refractivity contribution in [3.05, 3.63) is 59.9 Å². The van der Waals surface area contributed by atoms with Crippen molar-refractivity contribution >= 4 is 0 Å². The van der Waals surface area contributed by atoms with Gasteiger partial charge >= 0.3 is 0 Å². The van der Waals surface area contributed by atoms with E-state index >= 15 is 0 Å². The monoisotopic (exact) mass is 256 g/mol. The average molecular weight is 256 g/mol. The minimum absolute atomic E-state index is 0.978. The van der Waals surface area contributed by atoms with Crippen LogP contribution < -0.4 is 5.32 Å². The van der Waals surface area contributed by atoms with Gasteiger partial charge < -0.3 is 9.88 Å². The molecule has 0 radical (unpaired) electrons. The Morgan fingerprint density at radius 1 is 1.05 bits per heavy atom. The van der Waals surface area contributed by atoms with Gasteiger partial charge in [-0.1, -0.05) is 37.3 Å². The lowest BCUT2D eigenvalue weighted by Gasteiger charge is -2.10. The van der Waals surface area contributed by atoms with Crippen LogP contribution in [0.1, 0.15) is 31.0 Å². The first-order chi connectivity index (χ1) is 9.40. The van der Waals surface area contributed by atoms with Gasteiger partial charge in [0.15, 0.2) is 0 Å². The van der Waals surface area contributed by atoms with Gasteiger partial charge in [0.25, 0.3) is 0 Å². The molecule has 1 heterocycles. The van der Waals surface area contributed by atoms with Crippen LogP contribution >= 0.6 is 0 Å². The molecule has 19 heavy (non-hydrogen) atoms. The predicted molar refractivity (Wildman–Crippen MR) is 81.2 cm³/mol. The first-order valence-corrected chi connectivity index (χ1v) is 7.29. The van der Waals surface area contributed by atoms with Crippen LogP contribution in [0.4, 0.5) is 0 Å². The maximum absolute atomic E-state index is 3.47. The maximum Gasteiger partial charge on any atom is 0.0359 e. The number of hydrogen-bond donors (Lipinski definition) is 1. The molecule has 0 aliphatic carbocycles. The highest BCUT2D eigenvalue weighted by Crippen LogP contribution is 2.07. The summed E-state index contributed by atoms with van der Waals surface area (Å²) in [5.41, 5.74) is 2.82. The molecule has 0 amide bonds. The molecule has 0 saturated carbocycles. The Morgan fingerprint density at radius 3 is 2.68 bits per heavy atom. The standard InChI is InChI=1S/C17H24N2/c1-2-12-18-15-17-11-7-14-19(17)13-6-10-16-8-4-3-5-9-16/h3-5,7-9,11,14,18H,2,6,10,12-13,15H2,1H3. The molecule has 0 fully saturated rings. The van der Waals surface area contributed by atoms with Gasteiger partial charge in [0.2, 0.25) is 0 Å². The molecular formula is C17H24N2. The van der Waals surface area contributed by atoms with Crippen molar-refractivity contribution in [1.82, 2.24) is 9.88 Å². The van der Waals surface area contributed by atoms with Crippen LogP contribution in [0, 0.1) is 0 Å². The molecule has 0 bridgehead atoms. The largest absolute Gasteiger partial charge is 0.350 e. The SMILES string of the molecule is CCCNCc1cccn1CCCc1ccccc1. The Kier molecular flexibility index (Phi) is 5.70. The van der Waals surface area contributed by atoms with Gasteiger partial charge in [-0.2, -0.15) is 0 Å². The predicted octanol–water partition coefficient (Wildman–Crippen LogP) is 3.62. The third-order valence-corrected chi connectivity index (χ3v) is 3.36. The van der Waals surface area contributed by atoms with E-state index in [4.69, 9.17) is 0 Å². The summed E-state index contributed by atoms with van der Waals surface area (Å²) in [7, 11) is 0. The van der Waals surface area contributed by atoms with E-state index in [9.17, 15) is 0 Å². The molecule has 0 atom stereocenters.